The third-order valence-electron chi connectivity index (χ3n) is 5.37. The number of aryl methyl sites for hydroxylation is 1. The van der Waals surface area contributed by atoms with Gasteiger partial charge >= 0.3 is 5.97 Å². The molecule has 3 N–H and O–H groups in total. The lowest BCUT2D eigenvalue weighted by Crippen LogP contribution is -2.32. The summed E-state index contributed by atoms with van der Waals surface area (Å²) in [6.07, 6.45) is 1.21. The van der Waals surface area contributed by atoms with Crippen molar-refractivity contribution in [1.82, 2.24) is 14.5 Å². The highest BCUT2D eigenvalue weighted by molar-refractivity contribution is 7.89. The van der Waals surface area contributed by atoms with Crippen molar-refractivity contribution in [2.75, 3.05) is 5.32 Å². The Hall–Kier alpha value is -2.92. The van der Waals surface area contributed by atoms with Gasteiger partial charge in [-0.2, -0.15) is 5.10 Å². The van der Waals surface area contributed by atoms with Gasteiger partial charge in [0.25, 0.3) is 0 Å². The molecule has 11 heteroatoms. The Bertz CT molecular complexity index is 1130. The molecule has 0 bridgehead atoms. The van der Waals surface area contributed by atoms with Crippen LogP contribution in [0.1, 0.15) is 63.5 Å². The number of rotatable bonds is 11. The van der Waals surface area contributed by atoms with Crippen molar-refractivity contribution in [3.8, 4) is 11.6 Å². The van der Waals surface area contributed by atoms with Crippen LogP contribution in [-0.2, 0) is 21.4 Å². The third kappa shape index (κ3) is 6.11. The summed E-state index contributed by atoms with van der Waals surface area (Å²) in [5.41, 5.74) is 0.410. The Balaban J connectivity index is 2.58. The van der Waals surface area contributed by atoms with E-state index >= 15 is 0 Å². The fourth-order valence-electron chi connectivity index (χ4n) is 2.93. The van der Waals surface area contributed by atoms with Crippen molar-refractivity contribution in [2.24, 2.45) is 5.92 Å². The molecule has 182 valence electrons. The number of hydrogen-bond acceptors (Lipinski definition) is 6. The van der Waals surface area contributed by atoms with Gasteiger partial charge in [-0.3, -0.25) is 4.79 Å². The summed E-state index contributed by atoms with van der Waals surface area (Å²) in [5, 5.41) is 16.2. The van der Waals surface area contributed by atoms with Crippen molar-refractivity contribution in [3.63, 3.8) is 0 Å². The SMILES string of the molecule is CC[C@@H](C)C(=O)Nc1ccc(Oc2c(C)c(C(=O)O)nn2CC)c(S(=O)(=O)N[C@@H](C)CC)c1. The first-order valence-electron chi connectivity index (χ1n) is 10.9. The van der Waals surface area contributed by atoms with E-state index in [0.29, 0.717) is 25.1 Å². The van der Waals surface area contributed by atoms with E-state index in [1.54, 1.807) is 27.7 Å². The molecule has 0 radical (unpaired) electrons. The molecule has 33 heavy (non-hydrogen) atoms. The zero-order chi connectivity index (χ0) is 24.9. The molecule has 2 aromatic rings. The molecule has 0 aliphatic rings. The Labute approximate surface area is 194 Å². The molecule has 0 fully saturated rings. The number of carboxylic acid groups (broad SMARTS) is 1. The molecule has 10 nitrogen and oxygen atoms in total. The molecule has 0 spiro atoms. The van der Waals surface area contributed by atoms with Crippen LogP contribution < -0.4 is 14.8 Å². The molecular weight excluding hydrogens is 448 g/mol. The molecular formula is C22H32N4O6S. The summed E-state index contributed by atoms with van der Waals surface area (Å²) in [6.45, 7) is 10.9. The first-order valence-corrected chi connectivity index (χ1v) is 12.4. The van der Waals surface area contributed by atoms with Crippen LogP contribution in [0.2, 0.25) is 0 Å². The third-order valence-corrected chi connectivity index (χ3v) is 6.98. The smallest absolute Gasteiger partial charge is 0.356 e. The van der Waals surface area contributed by atoms with Crippen LogP contribution in [0.5, 0.6) is 11.6 Å². The maximum absolute atomic E-state index is 13.2. The van der Waals surface area contributed by atoms with E-state index in [9.17, 15) is 23.1 Å². The molecule has 1 aromatic carbocycles. The van der Waals surface area contributed by atoms with Crippen LogP contribution in [0, 0.1) is 12.8 Å². The van der Waals surface area contributed by atoms with E-state index in [0.717, 1.165) is 0 Å². The van der Waals surface area contributed by atoms with Gasteiger partial charge in [0, 0.05) is 29.8 Å². The maximum Gasteiger partial charge on any atom is 0.356 e. The van der Waals surface area contributed by atoms with Crippen molar-refractivity contribution in [1.29, 1.82) is 0 Å². The second-order valence-corrected chi connectivity index (χ2v) is 9.57. The summed E-state index contributed by atoms with van der Waals surface area (Å²) in [5.74, 6) is -1.56. The molecule has 1 amide bonds. The van der Waals surface area contributed by atoms with Crippen LogP contribution >= 0.6 is 0 Å². The second kappa shape index (κ2) is 10.8. The van der Waals surface area contributed by atoms with Gasteiger partial charge in [0.05, 0.1) is 0 Å². The molecule has 2 rings (SSSR count). The number of aromatic nitrogens is 2. The molecule has 1 aromatic heterocycles. The Kier molecular flexibility index (Phi) is 8.62. The molecule has 0 aliphatic carbocycles. The van der Waals surface area contributed by atoms with Crippen molar-refractivity contribution < 1.29 is 27.9 Å². The second-order valence-electron chi connectivity index (χ2n) is 7.89. The average Bonchev–Trinajstić information content (AvgIpc) is 3.09. The minimum atomic E-state index is -4.02. The lowest BCUT2D eigenvalue weighted by Gasteiger charge is -2.18. The summed E-state index contributed by atoms with van der Waals surface area (Å²) in [7, 11) is -4.02. The number of aromatic carboxylic acids is 1. The predicted molar refractivity (Wildman–Crippen MR) is 124 cm³/mol. The minimum Gasteiger partial charge on any atom is -0.476 e. The summed E-state index contributed by atoms with van der Waals surface area (Å²) < 4.78 is 36.2. The monoisotopic (exact) mass is 480 g/mol. The fraction of sp³-hybridized carbons (Fsp3) is 0.500. The Morgan fingerprint density at radius 3 is 2.39 bits per heavy atom. The topological polar surface area (TPSA) is 140 Å². The minimum absolute atomic E-state index is 0.0121. The van der Waals surface area contributed by atoms with Crippen LogP contribution in [-0.4, -0.2) is 41.2 Å². The van der Waals surface area contributed by atoms with E-state index in [4.69, 9.17) is 4.74 Å². The highest BCUT2D eigenvalue weighted by Gasteiger charge is 2.26. The number of amides is 1. The number of anilines is 1. The molecule has 0 aliphatic heterocycles. The normalized spacial score (nSPS) is 13.4. The number of sulfonamides is 1. The van der Waals surface area contributed by atoms with Crippen molar-refractivity contribution in [3.05, 3.63) is 29.5 Å². The van der Waals surface area contributed by atoms with Crippen molar-refractivity contribution in [2.45, 2.75) is 71.9 Å². The zero-order valence-electron chi connectivity index (χ0n) is 19.8. The summed E-state index contributed by atoms with van der Waals surface area (Å²) in [6, 6.07) is 3.98. The molecule has 0 saturated carbocycles. The van der Waals surface area contributed by atoms with Crippen LogP contribution in [0.4, 0.5) is 5.69 Å². The van der Waals surface area contributed by atoms with Gasteiger partial charge in [0.2, 0.25) is 21.8 Å². The van der Waals surface area contributed by atoms with Gasteiger partial charge in [-0.05, 0) is 51.8 Å². The number of carbonyl (C=O) groups excluding carboxylic acids is 1. The largest absolute Gasteiger partial charge is 0.476 e. The van der Waals surface area contributed by atoms with E-state index < -0.39 is 16.0 Å². The van der Waals surface area contributed by atoms with Gasteiger partial charge in [-0.25, -0.2) is 22.6 Å². The highest BCUT2D eigenvalue weighted by atomic mass is 32.2. The Morgan fingerprint density at radius 2 is 1.85 bits per heavy atom. The summed E-state index contributed by atoms with van der Waals surface area (Å²) >= 11 is 0. The lowest BCUT2D eigenvalue weighted by atomic mass is 10.1. The lowest BCUT2D eigenvalue weighted by molar-refractivity contribution is -0.119. The predicted octanol–water partition coefficient (Wildman–Crippen LogP) is 3.76. The van der Waals surface area contributed by atoms with E-state index in [1.807, 2.05) is 13.8 Å². The van der Waals surface area contributed by atoms with Gasteiger partial charge in [0.1, 0.15) is 10.6 Å². The first-order chi connectivity index (χ1) is 15.4. The maximum atomic E-state index is 13.2. The van der Waals surface area contributed by atoms with Gasteiger partial charge in [0.15, 0.2) is 5.69 Å². The first kappa shape index (κ1) is 26.3. The van der Waals surface area contributed by atoms with Crippen LogP contribution in [0.3, 0.4) is 0 Å². The molecule has 0 unspecified atom stereocenters. The van der Waals surface area contributed by atoms with E-state index in [-0.39, 0.29) is 45.6 Å². The molecule has 2 atom stereocenters. The fourth-order valence-corrected chi connectivity index (χ4v) is 4.41. The standard InChI is InChI=1S/C22H32N4O6S/c1-7-13(4)20(27)23-16-10-11-17(18(12-16)33(30,31)25-14(5)8-2)32-21-15(6)19(22(28)29)24-26(21)9-3/h10-14,25H,7-9H2,1-6H3,(H,23,27)(H,28,29)/t13-,14+/m1/s1. The summed E-state index contributed by atoms with van der Waals surface area (Å²) in [4.78, 5) is 23.6. The van der Waals surface area contributed by atoms with E-state index in [1.165, 1.54) is 22.9 Å². The number of carboxylic acids is 1. The highest BCUT2D eigenvalue weighted by Crippen LogP contribution is 2.34. The molecule has 1 heterocycles. The number of hydrogen-bond donors (Lipinski definition) is 3. The van der Waals surface area contributed by atoms with Crippen LogP contribution in [0.15, 0.2) is 23.1 Å². The number of nitrogens with zero attached hydrogens (tertiary/aromatic N) is 2. The van der Waals surface area contributed by atoms with E-state index in [2.05, 4.69) is 15.1 Å². The average molecular weight is 481 g/mol. The van der Waals surface area contributed by atoms with Gasteiger partial charge in [-0.15, -0.1) is 0 Å². The number of ether oxygens (including phenoxy) is 1. The molecule has 0 saturated heterocycles. The zero-order valence-corrected chi connectivity index (χ0v) is 20.6. The quantitative estimate of drug-likeness (QED) is 0.445. The van der Waals surface area contributed by atoms with Gasteiger partial charge < -0.3 is 15.2 Å². The van der Waals surface area contributed by atoms with Crippen molar-refractivity contribution >= 4 is 27.6 Å². The number of carbonyl (C=O) groups is 2. The van der Waals surface area contributed by atoms with Gasteiger partial charge in [-0.1, -0.05) is 20.8 Å². The Morgan fingerprint density at radius 1 is 1.18 bits per heavy atom. The number of benzene rings is 1. The van der Waals surface area contributed by atoms with Crippen LogP contribution in [0.25, 0.3) is 0 Å². The number of nitrogens with one attached hydrogen (secondary N) is 2.